The van der Waals surface area contributed by atoms with Crippen molar-refractivity contribution in [1.29, 1.82) is 0 Å². The quantitative estimate of drug-likeness (QED) is 0.503. The number of ether oxygens (including phenoxy) is 1. The van der Waals surface area contributed by atoms with E-state index in [4.69, 9.17) is 4.74 Å². The molecule has 1 saturated carbocycles. The van der Waals surface area contributed by atoms with E-state index >= 15 is 0 Å². The predicted molar refractivity (Wildman–Crippen MR) is 55.9 cm³/mol. The van der Waals surface area contributed by atoms with Crippen molar-refractivity contribution in [3.63, 3.8) is 0 Å². The molecule has 0 aliphatic heterocycles. The molecule has 2 heteroatoms. The van der Waals surface area contributed by atoms with Crippen molar-refractivity contribution in [2.24, 2.45) is 0 Å². The fraction of sp³-hybridized carbons (Fsp3) is 0.818. The highest BCUT2D eigenvalue weighted by molar-refractivity contribution is 4.79. The minimum Gasteiger partial charge on any atom is -0.377 e. The molecule has 0 aromatic heterocycles. The molecule has 1 rings (SSSR count). The molecule has 0 heterocycles. The Morgan fingerprint density at radius 3 is 2.85 bits per heavy atom. The van der Waals surface area contributed by atoms with Gasteiger partial charge in [0.1, 0.15) is 0 Å². The van der Waals surface area contributed by atoms with Gasteiger partial charge in [0.2, 0.25) is 0 Å². The highest BCUT2D eigenvalue weighted by Crippen LogP contribution is 2.20. The Bertz CT molecular complexity index is 139. The van der Waals surface area contributed by atoms with Crippen LogP contribution in [-0.2, 0) is 4.74 Å². The monoisotopic (exact) mass is 183 g/mol. The maximum absolute atomic E-state index is 5.70. The average Bonchev–Trinajstić information content (AvgIpc) is 2.63. The lowest BCUT2D eigenvalue weighted by Crippen LogP contribution is -2.22. The topological polar surface area (TPSA) is 21.3 Å². The summed E-state index contributed by atoms with van der Waals surface area (Å²) in [6, 6.07) is 0. The first-order valence-electron chi connectivity index (χ1n) is 5.37. The van der Waals surface area contributed by atoms with Crippen LogP contribution in [0.4, 0.5) is 0 Å². The summed E-state index contributed by atoms with van der Waals surface area (Å²) in [6.45, 7) is 4.84. The molecular weight excluding hydrogens is 162 g/mol. The zero-order valence-corrected chi connectivity index (χ0v) is 8.59. The second-order valence-corrected chi connectivity index (χ2v) is 3.55. The lowest BCUT2D eigenvalue weighted by Gasteiger charge is -2.10. The maximum Gasteiger partial charge on any atom is 0.0594 e. The third-order valence-electron chi connectivity index (χ3n) is 2.43. The van der Waals surface area contributed by atoms with E-state index < -0.39 is 0 Å². The Kier molecular flexibility index (Phi) is 5.87. The molecule has 2 nitrogen and oxygen atoms in total. The van der Waals surface area contributed by atoms with Crippen LogP contribution in [0.5, 0.6) is 0 Å². The zero-order chi connectivity index (χ0) is 9.36. The minimum atomic E-state index is 0.559. The normalized spacial score (nSPS) is 18.8. The van der Waals surface area contributed by atoms with E-state index in [1.165, 1.54) is 25.7 Å². The van der Waals surface area contributed by atoms with Gasteiger partial charge in [-0.15, -0.1) is 0 Å². The standard InChI is InChI=1S/C11H21NO/c1-2-3-8-12-9-10-13-11-6-4-5-7-11/h2-3,11-12H,4-10H2,1H3/b3-2+. The third kappa shape index (κ3) is 5.06. The largest absolute Gasteiger partial charge is 0.377 e. The fourth-order valence-electron chi connectivity index (χ4n) is 1.66. The average molecular weight is 183 g/mol. The molecule has 0 bridgehead atoms. The summed E-state index contributed by atoms with van der Waals surface area (Å²) in [5.74, 6) is 0. The first kappa shape index (κ1) is 10.7. The Morgan fingerprint density at radius 2 is 2.15 bits per heavy atom. The number of hydrogen-bond acceptors (Lipinski definition) is 2. The molecule has 0 aromatic carbocycles. The first-order chi connectivity index (χ1) is 6.43. The van der Waals surface area contributed by atoms with Gasteiger partial charge in [-0.25, -0.2) is 0 Å². The van der Waals surface area contributed by atoms with Gasteiger partial charge in [0.05, 0.1) is 12.7 Å². The summed E-state index contributed by atoms with van der Waals surface area (Å²) in [4.78, 5) is 0. The molecule has 1 N–H and O–H groups in total. The van der Waals surface area contributed by atoms with Crippen molar-refractivity contribution in [2.45, 2.75) is 38.7 Å². The molecule has 0 radical (unpaired) electrons. The molecule has 0 spiro atoms. The maximum atomic E-state index is 5.70. The van der Waals surface area contributed by atoms with Crippen molar-refractivity contribution in [3.8, 4) is 0 Å². The summed E-state index contributed by atoms with van der Waals surface area (Å²) in [6.07, 6.45) is 10.0. The lowest BCUT2D eigenvalue weighted by molar-refractivity contribution is 0.0608. The van der Waals surface area contributed by atoms with Crippen LogP contribution < -0.4 is 5.32 Å². The van der Waals surface area contributed by atoms with Gasteiger partial charge < -0.3 is 10.1 Å². The van der Waals surface area contributed by atoms with E-state index in [-0.39, 0.29) is 0 Å². The van der Waals surface area contributed by atoms with E-state index in [1.807, 2.05) is 6.92 Å². The van der Waals surface area contributed by atoms with Gasteiger partial charge in [-0.05, 0) is 19.8 Å². The van der Waals surface area contributed by atoms with Crippen LogP contribution in [0.3, 0.4) is 0 Å². The van der Waals surface area contributed by atoms with Crippen LogP contribution in [0.15, 0.2) is 12.2 Å². The van der Waals surface area contributed by atoms with E-state index in [2.05, 4.69) is 17.5 Å². The Morgan fingerprint density at radius 1 is 1.38 bits per heavy atom. The Labute approximate surface area is 81.4 Å². The first-order valence-corrected chi connectivity index (χ1v) is 5.37. The molecule has 0 atom stereocenters. The van der Waals surface area contributed by atoms with Crippen LogP contribution in [-0.4, -0.2) is 25.8 Å². The van der Waals surface area contributed by atoms with Crippen molar-refractivity contribution >= 4 is 0 Å². The minimum absolute atomic E-state index is 0.559. The van der Waals surface area contributed by atoms with E-state index in [0.717, 1.165) is 19.7 Å². The molecule has 1 aliphatic rings. The number of hydrogen-bond donors (Lipinski definition) is 1. The molecular formula is C11H21NO. The van der Waals surface area contributed by atoms with Gasteiger partial charge in [0.15, 0.2) is 0 Å². The van der Waals surface area contributed by atoms with Crippen molar-refractivity contribution in [2.75, 3.05) is 19.7 Å². The zero-order valence-electron chi connectivity index (χ0n) is 8.59. The summed E-state index contributed by atoms with van der Waals surface area (Å²) >= 11 is 0. The van der Waals surface area contributed by atoms with Gasteiger partial charge >= 0.3 is 0 Å². The fourth-order valence-corrected chi connectivity index (χ4v) is 1.66. The number of allylic oxidation sites excluding steroid dienone is 1. The summed E-state index contributed by atoms with van der Waals surface area (Å²) in [5, 5.41) is 3.30. The second-order valence-electron chi connectivity index (χ2n) is 3.55. The summed E-state index contributed by atoms with van der Waals surface area (Å²) in [5.41, 5.74) is 0. The Hall–Kier alpha value is -0.340. The van der Waals surface area contributed by atoms with Gasteiger partial charge in [-0.2, -0.15) is 0 Å². The summed E-state index contributed by atoms with van der Waals surface area (Å²) in [7, 11) is 0. The van der Waals surface area contributed by atoms with Crippen LogP contribution >= 0.6 is 0 Å². The molecule has 0 amide bonds. The van der Waals surface area contributed by atoms with Crippen LogP contribution in [0, 0.1) is 0 Å². The molecule has 1 aliphatic carbocycles. The van der Waals surface area contributed by atoms with Crippen LogP contribution in [0.25, 0.3) is 0 Å². The highest BCUT2D eigenvalue weighted by atomic mass is 16.5. The molecule has 1 fully saturated rings. The molecule has 0 unspecified atom stereocenters. The van der Waals surface area contributed by atoms with Gasteiger partial charge in [-0.1, -0.05) is 25.0 Å². The SMILES string of the molecule is C/C=C/CNCCOC1CCCC1. The van der Waals surface area contributed by atoms with Gasteiger partial charge in [0, 0.05) is 13.1 Å². The number of rotatable bonds is 6. The third-order valence-corrected chi connectivity index (χ3v) is 2.43. The van der Waals surface area contributed by atoms with E-state index in [0.29, 0.717) is 6.10 Å². The van der Waals surface area contributed by atoms with Crippen LogP contribution in [0.1, 0.15) is 32.6 Å². The van der Waals surface area contributed by atoms with Crippen molar-refractivity contribution < 1.29 is 4.74 Å². The van der Waals surface area contributed by atoms with Gasteiger partial charge in [0.25, 0.3) is 0 Å². The highest BCUT2D eigenvalue weighted by Gasteiger charge is 2.14. The molecule has 0 saturated heterocycles. The Balaban J connectivity index is 1.83. The lowest BCUT2D eigenvalue weighted by atomic mass is 10.3. The van der Waals surface area contributed by atoms with E-state index in [1.54, 1.807) is 0 Å². The molecule has 0 aromatic rings. The molecule has 13 heavy (non-hydrogen) atoms. The second kappa shape index (κ2) is 7.10. The summed E-state index contributed by atoms with van der Waals surface area (Å²) < 4.78 is 5.70. The van der Waals surface area contributed by atoms with Crippen molar-refractivity contribution in [3.05, 3.63) is 12.2 Å². The smallest absolute Gasteiger partial charge is 0.0594 e. The van der Waals surface area contributed by atoms with E-state index in [9.17, 15) is 0 Å². The number of nitrogens with one attached hydrogen (secondary N) is 1. The van der Waals surface area contributed by atoms with Crippen LogP contribution in [0.2, 0.25) is 0 Å². The van der Waals surface area contributed by atoms with Crippen molar-refractivity contribution in [1.82, 2.24) is 5.32 Å². The molecule has 76 valence electrons. The predicted octanol–water partition coefficient (Wildman–Crippen LogP) is 2.11. The van der Waals surface area contributed by atoms with Gasteiger partial charge in [-0.3, -0.25) is 0 Å².